The van der Waals surface area contributed by atoms with Gasteiger partial charge in [-0.05, 0) is 25.0 Å². The molecule has 0 bridgehead atoms. The van der Waals surface area contributed by atoms with Crippen LogP contribution in [0, 0.1) is 6.92 Å². The highest BCUT2D eigenvalue weighted by atomic mass is 16.1. The lowest BCUT2D eigenvalue weighted by molar-refractivity contribution is -0.118. The topological polar surface area (TPSA) is 45.8 Å². The molecule has 1 N–H and O–H groups in total. The Bertz CT molecular complexity index is 554. The van der Waals surface area contributed by atoms with Crippen LogP contribution in [0.2, 0.25) is 0 Å². The number of fused-ring (bicyclic) bond motifs is 3. The van der Waals surface area contributed by atoms with Crippen molar-refractivity contribution in [2.75, 3.05) is 0 Å². The average Bonchev–Trinajstić information content (AvgIpc) is 2.57. The number of hydrogen-bond acceptors (Lipinski definition) is 2. The van der Waals surface area contributed by atoms with Gasteiger partial charge in [-0.15, -0.1) is 0 Å². The van der Waals surface area contributed by atoms with Gasteiger partial charge in [0.05, 0.1) is 11.2 Å². The van der Waals surface area contributed by atoms with Crippen molar-refractivity contribution in [3.05, 3.63) is 29.2 Å². The number of Topliss-reactive ketones (excluding diaryl/α,β-unsaturated/α-hetero) is 1. The van der Waals surface area contributed by atoms with Crippen LogP contribution in [0.15, 0.2) is 12.3 Å². The van der Waals surface area contributed by atoms with Crippen molar-refractivity contribution in [3.63, 3.8) is 0 Å². The molecule has 0 radical (unpaired) electrons. The number of H-pyrrole nitrogens is 1. The summed E-state index contributed by atoms with van der Waals surface area (Å²) < 4.78 is 0. The van der Waals surface area contributed by atoms with Gasteiger partial charge >= 0.3 is 0 Å². The molecule has 1 aliphatic rings. The van der Waals surface area contributed by atoms with Crippen molar-refractivity contribution in [2.45, 2.75) is 26.2 Å². The largest absolute Gasteiger partial charge is 0.356 e. The Kier molecular flexibility index (Phi) is 1.69. The molecule has 2 heterocycles. The molecule has 3 nitrogen and oxygen atoms in total. The minimum atomic E-state index is 0.333. The molecule has 0 spiro atoms. The van der Waals surface area contributed by atoms with Crippen molar-refractivity contribution >= 4 is 16.7 Å². The molecule has 0 atom stereocenters. The Hall–Kier alpha value is -1.64. The summed E-state index contributed by atoms with van der Waals surface area (Å²) in [6.45, 7) is 1.99. The summed E-state index contributed by atoms with van der Waals surface area (Å²) in [6, 6.07) is 2.04. The van der Waals surface area contributed by atoms with E-state index in [-0.39, 0.29) is 0 Å². The number of ketones is 1. The van der Waals surface area contributed by atoms with E-state index >= 15 is 0 Å². The predicted molar refractivity (Wildman–Crippen MR) is 57.9 cm³/mol. The van der Waals surface area contributed by atoms with Gasteiger partial charge in [-0.1, -0.05) is 0 Å². The van der Waals surface area contributed by atoms with Crippen LogP contribution in [-0.2, 0) is 17.6 Å². The van der Waals surface area contributed by atoms with E-state index in [2.05, 4.69) is 9.97 Å². The molecule has 0 amide bonds. The summed E-state index contributed by atoms with van der Waals surface area (Å²) in [7, 11) is 0. The molecule has 0 unspecified atom stereocenters. The molecular weight excluding hydrogens is 188 g/mol. The third kappa shape index (κ3) is 1.19. The summed E-state index contributed by atoms with van der Waals surface area (Å²) in [4.78, 5) is 18.9. The zero-order chi connectivity index (χ0) is 10.4. The van der Waals surface area contributed by atoms with E-state index in [0.717, 1.165) is 23.3 Å². The van der Waals surface area contributed by atoms with E-state index in [9.17, 15) is 4.79 Å². The van der Waals surface area contributed by atoms with Gasteiger partial charge in [0.25, 0.3) is 0 Å². The normalized spacial score (nSPS) is 15.7. The molecule has 2 aromatic rings. The van der Waals surface area contributed by atoms with Gasteiger partial charge in [0.1, 0.15) is 5.78 Å². The van der Waals surface area contributed by atoms with E-state index in [4.69, 9.17) is 0 Å². The Labute approximate surface area is 87.5 Å². The Balaban J connectivity index is 2.32. The van der Waals surface area contributed by atoms with Gasteiger partial charge in [0, 0.05) is 30.1 Å². The fourth-order valence-corrected chi connectivity index (χ4v) is 2.35. The number of rotatable bonds is 0. The van der Waals surface area contributed by atoms with E-state index < -0.39 is 0 Å². The summed E-state index contributed by atoms with van der Waals surface area (Å²) in [6.07, 6.45) is 3.95. The first-order chi connectivity index (χ1) is 7.25. The molecule has 0 aliphatic heterocycles. The lowest BCUT2D eigenvalue weighted by Gasteiger charge is -2.09. The average molecular weight is 200 g/mol. The van der Waals surface area contributed by atoms with Gasteiger partial charge in [-0.2, -0.15) is 0 Å². The van der Waals surface area contributed by atoms with Crippen LogP contribution in [0.4, 0.5) is 0 Å². The molecule has 3 rings (SSSR count). The van der Waals surface area contributed by atoms with Crippen LogP contribution < -0.4 is 0 Å². The number of pyridine rings is 1. The summed E-state index contributed by atoms with van der Waals surface area (Å²) >= 11 is 0. The van der Waals surface area contributed by atoms with E-state index in [1.807, 2.05) is 19.2 Å². The maximum Gasteiger partial charge on any atom is 0.139 e. The van der Waals surface area contributed by atoms with Crippen LogP contribution in [-0.4, -0.2) is 15.8 Å². The number of carbonyl (C=O) groups is 1. The SMILES string of the molecule is Cc1nccc2c3c([nH]c12)CC(=O)CC3. The first-order valence-corrected chi connectivity index (χ1v) is 5.22. The van der Waals surface area contributed by atoms with Gasteiger partial charge in [0.2, 0.25) is 0 Å². The second-order valence-corrected chi connectivity index (χ2v) is 4.12. The molecule has 0 saturated heterocycles. The Morgan fingerprint density at radius 1 is 1.40 bits per heavy atom. The maximum atomic E-state index is 11.4. The number of carbonyl (C=O) groups excluding carboxylic acids is 1. The number of aromatic amines is 1. The van der Waals surface area contributed by atoms with Crippen LogP contribution in [0.5, 0.6) is 0 Å². The zero-order valence-corrected chi connectivity index (χ0v) is 8.63. The highest BCUT2D eigenvalue weighted by Gasteiger charge is 2.20. The molecule has 76 valence electrons. The molecule has 15 heavy (non-hydrogen) atoms. The number of nitrogens with one attached hydrogen (secondary N) is 1. The summed E-state index contributed by atoms with van der Waals surface area (Å²) in [5, 5.41) is 1.24. The van der Waals surface area contributed by atoms with E-state index in [1.165, 1.54) is 10.9 Å². The third-order valence-electron chi connectivity index (χ3n) is 3.13. The van der Waals surface area contributed by atoms with Crippen molar-refractivity contribution in [1.29, 1.82) is 0 Å². The Morgan fingerprint density at radius 3 is 3.13 bits per heavy atom. The minimum absolute atomic E-state index is 0.333. The fourth-order valence-electron chi connectivity index (χ4n) is 2.35. The van der Waals surface area contributed by atoms with E-state index in [1.54, 1.807) is 0 Å². The third-order valence-corrected chi connectivity index (χ3v) is 3.13. The number of aryl methyl sites for hydroxylation is 2. The number of hydrogen-bond donors (Lipinski definition) is 1. The number of aromatic nitrogens is 2. The minimum Gasteiger partial charge on any atom is -0.356 e. The summed E-state index contributed by atoms with van der Waals surface area (Å²) in [5.41, 5.74) is 4.51. The van der Waals surface area contributed by atoms with Gasteiger partial charge in [0.15, 0.2) is 0 Å². The molecule has 1 aliphatic carbocycles. The molecule has 0 fully saturated rings. The summed E-state index contributed by atoms with van der Waals surface area (Å²) in [5.74, 6) is 0.333. The monoisotopic (exact) mass is 200 g/mol. The molecule has 0 saturated carbocycles. The lowest BCUT2D eigenvalue weighted by Crippen LogP contribution is -2.12. The van der Waals surface area contributed by atoms with Crippen molar-refractivity contribution in [2.24, 2.45) is 0 Å². The maximum absolute atomic E-state index is 11.4. The predicted octanol–water partition coefficient (Wildman–Crippen LogP) is 1.93. The first-order valence-electron chi connectivity index (χ1n) is 5.22. The molecule has 0 aromatic carbocycles. The fraction of sp³-hybridized carbons (Fsp3) is 0.333. The van der Waals surface area contributed by atoms with Crippen molar-refractivity contribution in [1.82, 2.24) is 9.97 Å². The number of nitrogens with zero attached hydrogens (tertiary/aromatic N) is 1. The first kappa shape index (κ1) is 8.65. The molecular formula is C12H12N2O. The lowest BCUT2D eigenvalue weighted by atomic mass is 9.95. The second kappa shape index (κ2) is 2.92. The molecule has 2 aromatic heterocycles. The van der Waals surface area contributed by atoms with Crippen LogP contribution >= 0.6 is 0 Å². The van der Waals surface area contributed by atoms with Gasteiger partial charge in [-0.25, -0.2) is 0 Å². The Morgan fingerprint density at radius 2 is 2.27 bits per heavy atom. The van der Waals surface area contributed by atoms with E-state index in [0.29, 0.717) is 18.6 Å². The highest BCUT2D eigenvalue weighted by Crippen LogP contribution is 2.28. The van der Waals surface area contributed by atoms with Crippen molar-refractivity contribution < 1.29 is 4.79 Å². The molecule has 3 heteroatoms. The highest BCUT2D eigenvalue weighted by molar-refractivity contribution is 5.91. The van der Waals surface area contributed by atoms with Crippen LogP contribution in [0.1, 0.15) is 23.4 Å². The quantitative estimate of drug-likeness (QED) is 0.706. The van der Waals surface area contributed by atoms with Gasteiger partial charge in [-0.3, -0.25) is 9.78 Å². The zero-order valence-electron chi connectivity index (χ0n) is 8.63. The standard InChI is InChI=1S/C12H12N2O/c1-7-12-10(4-5-13-7)9-3-2-8(15)6-11(9)14-12/h4-5,14H,2-3,6H2,1H3. The van der Waals surface area contributed by atoms with Crippen LogP contribution in [0.3, 0.4) is 0 Å². The van der Waals surface area contributed by atoms with Crippen molar-refractivity contribution in [3.8, 4) is 0 Å². The second-order valence-electron chi connectivity index (χ2n) is 4.12. The van der Waals surface area contributed by atoms with Gasteiger partial charge < -0.3 is 4.98 Å². The smallest absolute Gasteiger partial charge is 0.139 e. The van der Waals surface area contributed by atoms with Crippen LogP contribution in [0.25, 0.3) is 10.9 Å².